The number of hydrogen-bond acceptors (Lipinski definition) is 3. The van der Waals surface area contributed by atoms with Crippen molar-refractivity contribution < 1.29 is 19.1 Å². The summed E-state index contributed by atoms with van der Waals surface area (Å²) in [6.45, 7) is 2.92. The third-order valence-corrected chi connectivity index (χ3v) is 4.46. The Morgan fingerprint density at radius 2 is 1.95 bits per heavy atom. The number of halogens is 1. The number of amides is 1. The quantitative estimate of drug-likeness (QED) is 0.947. The molecule has 0 aliphatic carbocycles. The van der Waals surface area contributed by atoms with E-state index in [4.69, 9.17) is 5.11 Å². The molecule has 1 aromatic carbocycles. The Balaban J connectivity index is 2.38. The molecular formula is C14H14FNO3S. The number of likely N-dealkylation sites (N-methyl/N-ethyl adjacent to an activating group) is 1. The molecule has 1 aromatic heterocycles. The van der Waals surface area contributed by atoms with E-state index in [-0.39, 0.29) is 11.7 Å². The van der Waals surface area contributed by atoms with Crippen LogP contribution in [0, 0.1) is 5.82 Å². The van der Waals surface area contributed by atoms with Crippen molar-refractivity contribution in [3.63, 3.8) is 0 Å². The minimum atomic E-state index is -1.31. The Bertz CT molecular complexity index is 693. The fourth-order valence-electron chi connectivity index (χ4n) is 1.68. The van der Waals surface area contributed by atoms with Crippen LogP contribution in [-0.2, 0) is 4.79 Å². The lowest BCUT2D eigenvalue weighted by atomic mass is 10.0. The van der Waals surface area contributed by atoms with Crippen molar-refractivity contribution in [1.29, 1.82) is 0 Å². The molecule has 6 heteroatoms. The summed E-state index contributed by atoms with van der Waals surface area (Å²) in [5.74, 6) is -1.84. The van der Waals surface area contributed by atoms with Crippen LogP contribution in [0.5, 0.6) is 0 Å². The minimum Gasteiger partial charge on any atom is -0.480 e. The summed E-state index contributed by atoms with van der Waals surface area (Å²) in [6, 6.07) is 5.87. The van der Waals surface area contributed by atoms with E-state index >= 15 is 0 Å². The number of rotatable bonds is 3. The topological polar surface area (TPSA) is 57.6 Å². The van der Waals surface area contributed by atoms with Crippen LogP contribution < -0.4 is 0 Å². The molecule has 2 rings (SSSR count). The highest BCUT2D eigenvalue weighted by Crippen LogP contribution is 2.28. The predicted molar refractivity (Wildman–Crippen MR) is 75.6 cm³/mol. The number of nitrogens with zero attached hydrogens (tertiary/aromatic N) is 1. The van der Waals surface area contributed by atoms with Gasteiger partial charge in [0.15, 0.2) is 0 Å². The fourth-order valence-corrected chi connectivity index (χ4v) is 2.70. The molecular weight excluding hydrogens is 281 g/mol. The van der Waals surface area contributed by atoms with E-state index < -0.39 is 11.5 Å². The number of carboxylic acid groups (broad SMARTS) is 1. The van der Waals surface area contributed by atoms with Crippen molar-refractivity contribution >= 4 is 33.3 Å². The fraction of sp³-hybridized carbons (Fsp3) is 0.286. The summed E-state index contributed by atoms with van der Waals surface area (Å²) in [7, 11) is 1.45. The van der Waals surface area contributed by atoms with E-state index in [0.29, 0.717) is 10.3 Å². The summed E-state index contributed by atoms with van der Waals surface area (Å²) in [6.07, 6.45) is 0. The molecule has 4 nitrogen and oxygen atoms in total. The number of carbonyl (C=O) groups excluding carboxylic acids is 1. The maximum Gasteiger partial charge on any atom is 0.329 e. The monoisotopic (exact) mass is 295 g/mol. The molecule has 0 unspecified atom stereocenters. The molecule has 0 fully saturated rings. The van der Waals surface area contributed by atoms with Crippen molar-refractivity contribution in [3.8, 4) is 0 Å². The largest absolute Gasteiger partial charge is 0.480 e. The molecule has 2 aromatic rings. The molecule has 0 radical (unpaired) electrons. The second kappa shape index (κ2) is 4.86. The zero-order chi connectivity index (χ0) is 15.1. The predicted octanol–water partition coefficient (Wildman–Crippen LogP) is 2.98. The number of aliphatic carboxylic acids is 1. The zero-order valence-corrected chi connectivity index (χ0v) is 12.1. The zero-order valence-electron chi connectivity index (χ0n) is 11.3. The van der Waals surface area contributed by atoms with Gasteiger partial charge in [-0.25, -0.2) is 9.18 Å². The summed E-state index contributed by atoms with van der Waals surface area (Å²) < 4.78 is 13.9. The Labute approximate surface area is 119 Å². The van der Waals surface area contributed by atoms with Crippen molar-refractivity contribution in [2.45, 2.75) is 19.4 Å². The SMILES string of the molecule is CN(C(=O)c1cc2cc(F)ccc2s1)C(C)(C)C(=O)O. The Morgan fingerprint density at radius 3 is 2.55 bits per heavy atom. The van der Waals surface area contributed by atoms with Crippen LogP contribution in [0.3, 0.4) is 0 Å². The number of benzene rings is 1. The Morgan fingerprint density at radius 1 is 1.30 bits per heavy atom. The Kier molecular flexibility index (Phi) is 3.52. The highest BCUT2D eigenvalue weighted by molar-refractivity contribution is 7.20. The van der Waals surface area contributed by atoms with E-state index in [9.17, 15) is 14.0 Å². The van der Waals surface area contributed by atoms with Crippen molar-refractivity contribution in [1.82, 2.24) is 4.90 Å². The molecule has 0 aliphatic heterocycles. The summed E-state index contributed by atoms with van der Waals surface area (Å²) >= 11 is 1.22. The maximum atomic E-state index is 13.1. The van der Waals surface area contributed by atoms with Gasteiger partial charge in [-0.05, 0) is 43.5 Å². The first kappa shape index (κ1) is 14.5. The van der Waals surface area contributed by atoms with Gasteiger partial charge < -0.3 is 10.0 Å². The van der Waals surface area contributed by atoms with Gasteiger partial charge in [0.2, 0.25) is 0 Å². The van der Waals surface area contributed by atoms with Gasteiger partial charge in [0.05, 0.1) is 4.88 Å². The molecule has 0 saturated carbocycles. The number of carboxylic acids is 1. The van der Waals surface area contributed by atoms with E-state index in [1.54, 1.807) is 12.1 Å². The molecule has 106 valence electrons. The molecule has 20 heavy (non-hydrogen) atoms. The molecule has 0 bridgehead atoms. The highest BCUT2D eigenvalue weighted by atomic mass is 32.1. The van der Waals surface area contributed by atoms with Gasteiger partial charge in [0, 0.05) is 11.7 Å². The van der Waals surface area contributed by atoms with Crippen LogP contribution in [0.1, 0.15) is 23.5 Å². The normalized spacial score (nSPS) is 11.6. The lowest BCUT2D eigenvalue weighted by Gasteiger charge is -2.31. The first-order chi connectivity index (χ1) is 9.23. The first-order valence-corrected chi connectivity index (χ1v) is 6.76. The first-order valence-electron chi connectivity index (χ1n) is 5.94. The molecule has 0 atom stereocenters. The molecule has 1 N–H and O–H groups in total. The van der Waals surface area contributed by atoms with Gasteiger partial charge in [-0.15, -0.1) is 11.3 Å². The van der Waals surface area contributed by atoms with Crippen LogP contribution in [0.25, 0.3) is 10.1 Å². The van der Waals surface area contributed by atoms with E-state index in [0.717, 1.165) is 4.70 Å². The average Bonchev–Trinajstić information content (AvgIpc) is 2.79. The second-order valence-electron chi connectivity index (χ2n) is 5.02. The maximum absolute atomic E-state index is 13.1. The van der Waals surface area contributed by atoms with E-state index in [1.165, 1.54) is 49.3 Å². The van der Waals surface area contributed by atoms with Gasteiger partial charge in [-0.3, -0.25) is 4.79 Å². The van der Waals surface area contributed by atoms with Crippen LogP contribution >= 0.6 is 11.3 Å². The lowest BCUT2D eigenvalue weighted by molar-refractivity contribution is -0.147. The summed E-state index contributed by atoms with van der Waals surface area (Å²) in [5.41, 5.74) is -1.31. The van der Waals surface area contributed by atoms with Crippen LogP contribution in [-0.4, -0.2) is 34.5 Å². The van der Waals surface area contributed by atoms with Crippen LogP contribution in [0.15, 0.2) is 24.3 Å². The number of fused-ring (bicyclic) bond motifs is 1. The summed E-state index contributed by atoms with van der Waals surface area (Å²) in [5, 5.41) is 9.78. The summed E-state index contributed by atoms with van der Waals surface area (Å²) in [4.78, 5) is 25.1. The minimum absolute atomic E-state index is 0.367. The van der Waals surface area contributed by atoms with Crippen molar-refractivity contribution in [2.75, 3.05) is 7.05 Å². The lowest BCUT2D eigenvalue weighted by Crippen LogP contribution is -2.50. The van der Waals surface area contributed by atoms with Gasteiger partial charge in [0.25, 0.3) is 5.91 Å². The molecule has 1 heterocycles. The Hall–Kier alpha value is -1.95. The standard InChI is InChI=1S/C14H14FNO3S/c1-14(2,13(18)19)16(3)12(17)11-7-8-6-9(15)4-5-10(8)20-11/h4-7H,1-3H3,(H,18,19). The molecule has 1 amide bonds. The van der Waals surface area contributed by atoms with Gasteiger partial charge >= 0.3 is 5.97 Å². The number of hydrogen-bond donors (Lipinski definition) is 1. The van der Waals surface area contributed by atoms with Crippen LogP contribution in [0.2, 0.25) is 0 Å². The van der Waals surface area contributed by atoms with E-state index in [1.807, 2.05) is 0 Å². The molecule has 0 saturated heterocycles. The van der Waals surface area contributed by atoms with Gasteiger partial charge in [-0.1, -0.05) is 0 Å². The number of thiophene rings is 1. The van der Waals surface area contributed by atoms with Crippen molar-refractivity contribution in [2.24, 2.45) is 0 Å². The van der Waals surface area contributed by atoms with Crippen LogP contribution in [0.4, 0.5) is 4.39 Å². The molecule has 0 aliphatic rings. The van der Waals surface area contributed by atoms with E-state index in [2.05, 4.69) is 0 Å². The molecule has 0 spiro atoms. The third-order valence-electron chi connectivity index (χ3n) is 3.36. The average molecular weight is 295 g/mol. The second-order valence-corrected chi connectivity index (χ2v) is 6.10. The number of carbonyl (C=O) groups is 2. The van der Waals surface area contributed by atoms with Gasteiger partial charge in [-0.2, -0.15) is 0 Å². The third kappa shape index (κ3) is 2.38. The highest BCUT2D eigenvalue weighted by Gasteiger charge is 2.36. The van der Waals surface area contributed by atoms with Crippen molar-refractivity contribution in [3.05, 3.63) is 35.0 Å². The van der Waals surface area contributed by atoms with Gasteiger partial charge in [0.1, 0.15) is 11.4 Å². The smallest absolute Gasteiger partial charge is 0.329 e.